The first-order valence-corrected chi connectivity index (χ1v) is 8.93. The van der Waals surface area contributed by atoms with Crippen molar-refractivity contribution in [2.24, 2.45) is 0 Å². The van der Waals surface area contributed by atoms with Crippen molar-refractivity contribution in [2.75, 3.05) is 7.11 Å². The van der Waals surface area contributed by atoms with Crippen LogP contribution < -0.4 is 0 Å². The molecule has 0 bridgehead atoms. The molecule has 1 aliphatic heterocycles. The smallest absolute Gasteiger partial charge is 0.328 e. The van der Waals surface area contributed by atoms with Crippen LogP contribution in [0.3, 0.4) is 0 Å². The van der Waals surface area contributed by atoms with E-state index in [4.69, 9.17) is 4.74 Å². The van der Waals surface area contributed by atoms with Crippen molar-refractivity contribution in [3.8, 4) is 11.4 Å². The quantitative estimate of drug-likeness (QED) is 0.640. The molecule has 4 rings (SSSR count). The summed E-state index contributed by atoms with van der Waals surface area (Å²) in [6, 6.07) is 16.5. The van der Waals surface area contributed by atoms with Gasteiger partial charge in [0.1, 0.15) is 12.6 Å². The number of hydrogen-bond acceptors (Lipinski definition) is 6. The van der Waals surface area contributed by atoms with Crippen molar-refractivity contribution in [1.29, 1.82) is 0 Å². The number of carbonyl (C=O) groups is 2. The molecule has 0 fully saturated rings. The second-order valence-electron chi connectivity index (χ2n) is 6.54. The number of carbonyl (C=O) groups excluding carboxylic acids is 2. The Morgan fingerprint density at radius 1 is 1.07 bits per heavy atom. The van der Waals surface area contributed by atoms with Crippen LogP contribution in [0.15, 0.2) is 54.6 Å². The second kappa shape index (κ2) is 7.59. The summed E-state index contributed by atoms with van der Waals surface area (Å²) < 4.78 is 4.91. The van der Waals surface area contributed by atoms with Gasteiger partial charge in [-0.3, -0.25) is 4.79 Å². The number of amides is 1. The molecule has 0 saturated carbocycles. The van der Waals surface area contributed by atoms with Gasteiger partial charge in [0.15, 0.2) is 0 Å². The molecule has 1 aliphatic rings. The van der Waals surface area contributed by atoms with Gasteiger partial charge in [0, 0.05) is 18.5 Å². The molecule has 0 spiro atoms. The molecule has 8 nitrogen and oxygen atoms in total. The van der Waals surface area contributed by atoms with Gasteiger partial charge in [0.25, 0.3) is 0 Å². The standard InChI is InChI=1S/C20H19N5O3/c1-28-20(27)17-11-15-9-5-6-10-16(15)12-24(17)18(26)13-25-22-19(21-23-25)14-7-3-2-4-8-14/h2-10,17H,11-13H2,1H3/t17-/m1/s1. The minimum absolute atomic E-state index is 0.102. The second-order valence-corrected chi connectivity index (χ2v) is 6.54. The van der Waals surface area contributed by atoms with Crippen LogP contribution in [0.1, 0.15) is 11.1 Å². The minimum Gasteiger partial charge on any atom is -0.467 e. The van der Waals surface area contributed by atoms with E-state index in [1.807, 2.05) is 54.6 Å². The maximum atomic E-state index is 12.9. The van der Waals surface area contributed by atoms with Crippen LogP contribution >= 0.6 is 0 Å². The lowest BCUT2D eigenvalue weighted by molar-refractivity contribution is -0.154. The van der Waals surface area contributed by atoms with E-state index in [-0.39, 0.29) is 12.5 Å². The zero-order valence-corrected chi connectivity index (χ0v) is 15.4. The van der Waals surface area contributed by atoms with Gasteiger partial charge in [-0.2, -0.15) is 4.80 Å². The van der Waals surface area contributed by atoms with Crippen molar-refractivity contribution in [2.45, 2.75) is 25.6 Å². The summed E-state index contributed by atoms with van der Waals surface area (Å²) in [5.74, 6) is -0.247. The van der Waals surface area contributed by atoms with Crippen molar-refractivity contribution in [3.05, 3.63) is 65.7 Å². The third kappa shape index (κ3) is 3.48. The molecule has 28 heavy (non-hydrogen) atoms. The number of benzene rings is 2. The molecular weight excluding hydrogens is 358 g/mol. The largest absolute Gasteiger partial charge is 0.467 e. The fraction of sp³-hybridized carbons (Fsp3) is 0.250. The van der Waals surface area contributed by atoms with Crippen LogP contribution in [-0.2, 0) is 33.8 Å². The molecular formula is C20H19N5O3. The number of rotatable bonds is 4. The van der Waals surface area contributed by atoms with Crippen LogP contribution in [0.4, 0.5) is 0 Å². The van der Waals surface area contributed by atoms with Gasteiger partial charge >= 0.3 is 5.97 Å². The predicted octanol–water partition coefficient (Wildman–Crippen LogP) is 1.47. The maximum absolute atomic E-state index is 12.9. The number of esters is 1. The highest BCUT2D eigenvalue weighted by Gasteiger charge is 2.35. The summed E-state index contributed by atoms with van der Waals surface area (Å²) >= 11 is 0. The van der Waals surface area contributed by atoms with Gasteiger partial charge in [-0.25, -0.2) is 4.79 Å². The molecule has 0 radical (unpaired) electrons. The van der Waals surface area contributed by atoms with Crippen LogP contribution in [0.2, 0.25) is 0 Å². The number of hydrogen-bond donors (Lipinski definition) is 0. The van der Waals surface area contributed by atoms with E-state index in [0.29, 0.717) is 18.8 Å². The van der Waals surface area contributed by atoms with Gasteiger partial charge in [-0.1, -0.05) is 54.6 Å². The Morgan fingerprint density at radius 2 is 1.79 bits per heavy atom. The predicted molar refractivity (Wildman–Crippen MR) is 99.8 cm³/mol. The first-order valence-electron chi connectivity index (χ1n) is 8.93. The molecule has 0 aliphatic carbocycles. The van der Waals surface area contributed by atoms with E-state index in [2.05, 4.69) is 15.4 Å². The Kier molecular flexibility index (Phi) is 4.84. The van der Waals surface area contributed by atoms with E-state index in [0.717, 1.165) is 16.7 Å². The normalized spacial score (nSPS) is 15.8. The molecule has 0 unspecified atom stereocenters. The highest BCUT2D eigenvalue weighted by atomic mass is 16.5. The molecule has 2 aromatic carbocycles. The summed E-state index contributed by atoms with van der Waals surface area (Å²) in [6.45, 7) is 0.241. The number of ether oxygens (including phenoxy) is 1. The molecule has 2 heterocycles. The van der Waals surface area contributed by atoms with Crippen LogP contribution in [-0.4, -0.2) is 50.1 Å². The van der Waals surface area contributed by atoms with Gasteiger partial charge in [0.05, 0.1) is 7.11 Å². The average molecular weight is 377 g/mol. The molecule has 1 amide bonds. The third-order valence-corrected chi connectivity index (χ3v) is 4.80. The van der Waals surface area contributed by atoms with E-state index in [9.17, 15) is 9.59 Å². The highest BCUT2D eigenvalue weighted by Crippen LogP contribution is 2.24. The first-order chi connectivity index (χ1) is 13.7. The SMILES string of the molecule is COC(=O)[C@H]1Cc2ccccc2CN1C(=O)Cn1nnc(-c2ccccc2)n1. The summed E-state index contributed by atoms with van der Waals surface area (Å²) in [7, 11) is 1.33. The fourth-order valence-corrected chi connectivity index (χ4v) is 3.36. The lowest BCUT2D eigenvalue weighted by Crippen LogP contribution is -2.50. The van der Waals surface area contributed by atoms with Gasteiger partial charge in [0.2, 0.25) is 11.7 Å². The zero-order valence-electron chi connectivity index (χ0n) is 15.4. The fourth-order valence-electron chi connectivity index (χ4n) is 3.36. The summed E-state index contributed by atoms with van der Waals surface area (Å²) in [4.78, 5) is 28.0. The average Bonchev–Trinajstić information content (AvgIpc) is 3.21. The van der Waals surface area contributed by atoms with Crippen molar-refractivity contribution in [1.82, 2.24) is 25.1 Å². The topological polar surface area (TPSA) is 90.2 Å². The van der Waals surface area contributed by atoms with Crippen molar-refractivity contribution >= 4 is 11.9 Å². The van der Waals surface area contributed by atoms with Gasteiger partial charge in [-0.15, -0.1) is 10.2 Å². The number of tetrazole rings is 1. The minimum atomic E-state index is -0.662. The van der Waals surface area contributed by atoms with Crippen LogP contribution in [0.5, 0.6) is 0 Å². The van der Waals surface area contributed by atoms with E-state index in [1.54, 1.807) is 0 Å². The first kappa shape index (κ1) is 17.8. The summed E-state index contributed by atoms with van der Waals surface area (Å²) in [5, 5.41) is 12.3. The van der Waals surface area contributed by atoms with E-state index in [1.165, 1.54) is 16.8 Å². The third-order valence-electron chi connectivity index (χ3n) is 4.80. The van der Waals surface area contributed by atoms with Gasteiger partial charge in [-0.05, 0) is 16.3 Å². The number of nitrogens with zero attached hydrogens (tertiary/aromatic N) is 5. The monoisotopic (exact) mass is 377 g/mol. The van der Waals surface area contributed by atoms with Gasteiger partial charge < -0.3 is 9.64 Å². The highest BCUT2D eigenvalue weighted by molar-refractivity contribution is 5.85. The Labute approximate surface area is 161 Å². The molecule has 3 aromatic rings. The Hall–Kier alpha value is -3.55. The Morgan fingerprint density at radius 3 is 2.54 bits per heavy atom. The molecule has 142 valence electrons. The lowest BCUT2D eigenvalue weighted by atomic mass is 9.94. The van der Waals surface area contributed by atoms with Crippen LogP contribution in [0.25, 0.3) is 11.4 Å². The van der Waals surface area contributed by atoms with Crippen molar-refractivity contribution < 1.29 is 14.3 Å². The lowest BCUT2D eigenvalue weighted by Gasteiger charge is -2.35. The maximum Gasteiger partial charge on any atom is 0.328 e. The Bertz CT molecular complexity index is 1000. The molecule has 1 aromatic heterocycles. The zero-order chi connectivity index (χ0) is 19.5. The van der Waals surface area contributed by atoms with E-state index >= 15 is 0 Å². The summed E-state index contributed by atoms with van der Waals surface area (Å²) in [5.41, 5.74) is 2.89. The number of aromatic nitrogens is 4. The Balaban J connectivity index is 1.54. The number of fused-ring (bicyclic) bond motifs is 1. The van der Waals surface area contributed by atoms with E-state index < -0.39 is 12.0 Å². The van der Waals surface area contributed by atoms with Crippen molar-refractivity contribution in [3.63, 3.8) is 0 Å². The molecule has 1 atom stereocenters. The summed E-state index contributed by atoms with van der Waals surface area (Å²) in [6.07, 6.45) is 0.425. The number of methoxy groups -OCH3 is 1. The molecule has 0 N–H and O–H groups in total. The molecule has 8 heteroatoms. The van der Waals surface area contributed by atoms with Crippen LogP contribution in [0, 0.1) is 0 Å². The molecule has 0 saturated heterocycles.